The van der Waals surface area contributed by atoms with Crippen LogP contribution in [0.4, 0.5) is 0 Å². The van der Waals surface area contributed by atoms with Gasteiger partial charge < -0.3 is 35.3 Å². The van der Waals surface area contributed by atoms with E-state index in [0.29, 0.717) is 22.2 Å². The number of carbonyl (C=O) groups is 1. The summed E-state index contributed by atoms with van der Waals surface area (Å²) in [6, 6.07) is 7.04. The number of para-hydroxylation sites is 1. The Morgan fingerprint density at radius 2 is 1.83 bits per heavy atom. The Labute approximate surface area is 136 Å². The molecule has 1 aromatic heterocycles. The SMILES string of the molecule is O=C(O)Cc1[nH]c2ccccc2c1C1O[C@H](CO)[C@@H](O)[C@H](O)[C@@H]1O. The minimum atomic E-state index is -1.52. The maximum Gasteiger partial charge on any atom is 0.309 e. The number of carboxylic acids is 1. The normalized spacial score (nSPS) is 30.6. The molecule has 1 aliphatic rings. The highest BCUT2D eigenvalue weighted by molar-refractivity contribution is 5.86. The second-order valence-electron chi connectivity index (χ2n) is 5.88. The summed E-state index contributed by atoms with van der Waals surface area (Å²) in [5.41, 5.74) is 1.42. The van der Waals surface area contributed by atoms with Gasteiger partial charge in [-0.15, -0.1) is 0 Å². The number of rotatable bonds is 4. The summed E-state index contributed by atoms with van der Waals surface area (Å²) in [7, 11) is 0. The van der Waals surface area contributed by atoms with E-state index < -0.39 is 43.1 Å². The first-order valence-corrected chi connectivity index (χ1v) is 7.55. The third-order valence-electron chi connectivity index (χ3n) is 4.33. The molecular formula is C16H19NO7. The maximum atomic E-state index is 11.1. The number of ether oxygens (including phenoxy) is 1. The van der Waals surface area contributed by atoms with Crippen molar-refractivity contribution in [2.75, 3.05) is 6.61 Å². The first-order valence-electron chi connectivity index (χ1n) is 7.55. The van der Waals surface area contributed by atoms with Crippen molar-refractivity contribution in [1.29, 1.82) is 0 Å². The van der Waals surface area contributed by atoms with E-state index in [0.717, 1.165) is 0 Å². The number of fused-ring (bicyclic) bond motifs is 1. The molecular weight excluding hydrogens is 318 g/mol. The molecule has 2 aromatic rings. The molecule has 1 saturated heterocycles. The maximum absolute atomic E-state index is 11.1. The molecule has 130 valence electrons. The minimum absolute atomic E-state index is 0.320. The highest BCUT2D eigenvalue weighted by Crippen LogP contribution is 2.38. The summed E-state index contributed by atoms with van der Waals surface area (Å²) < 4.78 is 5.58. The average Bonchev–Trinajstić information content (AvgIpc) is 2.90. The quantitative estimate of drug-likeness (QED) is 0.433. The van der Waals surface area contributed by atoms with Gasteiger partial charge in [-0.3, -0.25) is 4.79 Å². The molecule has 2 heterocycles. The number of benzene rings is 1. The lowest BCUT2D eigenvalue weighted by Crippen LogP contribution is -2.55. The van der Waals surface area contributed by atoms with Crippen molar-refractivity contribution in [1.82, 2.24) is 4.98 Å². The van der Waals surface area contributed by atoms with Crippen molar-refractivity contribution in [3.8, 4) is 0 Å². The van der Waals surface area contributed by atoms with E-state index in [1.807, 2.05) is 0 Å². The first-order chi connectivity index (χ1) is 11.4. The van der Waals surface area contributed by atoms with E-state index in [1.165, 1.54) is 0 Å². The Kier molecular flexibility index (Phi) is 4.57. The zero-order valence-electron chi connectivity index (χ0n) is 12.7. The van der Waals surface area contributed by atoms with Gasteiger partial charge in [0.15, 0.2) is 0 Å². The van der Waals surface area contributed by atoms with Crippen molar-refractivity contribution in [2.24, 2.45) is 0 Å². The fraction of sp³-hybridized carbons (Fsp3) is 0.438. The third-order valence-corrected chi connectivity index (χ3v) is 4.33. The molecule has 24 heavy (non-hydrogen) atoms. The number of aliphatic hydroxyl groups is 4. The smallest absolute Gasteiger partial charge is 0.309 e. The number of hydrogen-bond acceptors (Lipinski definition) is 6. The van der Waals surface area contributed by atoms with Gasteiger partial charge in [0, 0.05) is 22.2 Å². The van der Waals surface area contributed by atoms with Crippen LogP contribution in [0.25, 0.3) is 10.9 Å². The van der Waals surface area contributed by atoms with Gasteiger partial charge in [0.05, 0.1) is 13.0 Å². The molecule has 3 rings (SSSR count). The van der Waals surface area contributed by atoms with Crippen LogP contribution in [0.15, 0.2) is 24.3 Å². The number of hydrogen-bond donors (Lipinski definition) is 6. The number of aliphatic hydroxyl groups excluding tert-OH is 4. The van der Waals surface area contributed by atoms with Crippen molar-refractivity contribution in [2.45, 2.75) is 36.9 Å². The van der Waals surface area contributed by atoms with Crippen LogP contribution < -0.4 is 0 Å². The largest absolute Gasteiger partial charge is 0.481 e. The lowest BCUT2D eigenvalue weighted by Gasteiger charge is -2.40. The summed E-state index contributed by atoms with van der Waals surface area (Å²) >= 11 is 0. The van der Waals surface area contributed by atoms with Crippen LogP contribution >= 0.6 is 0 Å². The first kappa shape index (κ1) is 16.9. The van der Waals surface area contributed by atoms with Gasteiger partial charge in [-0.1, -0.05) is 18.2 Å². The number of nitrogens with one attached hydrogen (secondary N) is 1. The summed E-state index contributed by atoms with van der Waals surface area (Å²) in [6.45, 7) is -0.544. The standard InChI is InChI=1S/C16H19NO7/c18-6-10-13(21)14(22)15(23)16(24-10)12-7-3-1-2-4-8(7)17-9(12)5-11(19)20/h1-4,10,13-18,21-23H,5-6H2,(H,19,20)/t10-,13-,14+,15+,16?/m1/s1. The summed E-state index contributed by atoms with van der Waals surface area (Å²) in [5.74, 6) is -1.06. The van der Waals surface area contributed by atoms with E-state index in [9.17, 15) is 25.2 Å². The predicted octanol–water partition coefficient (Wildman–Crippen LogP) is -0.690. The van der Waals surface area contributed by atoms with Crippen LogP contribution in [0.1, 0.15) is 17.4 Å². The van der Waals surface area contributed by atoms with E-state index in [1.54, 1.807) is 24.3 Å². The number of aromatic nitrogens is 1. The molecule has 0 aliphatic carbocycles. The topological polar surface area (TPSA) is 143 Å². The second-order valence-corrected chi connectivity index (χ2v) is 5.88. The van der Waals surface area contributed by atoms with Crippen molar-refractivity contribution < 1.29 is 35.1 Å². The Morgan fingerprint density at radius 3 is 2.50 bits per heavy atom. The molecule has 1 aromatic carbocycles. The molecule has 1 aliphatic heterocycles. The van der Waals surface area contributed by atoms with E-state index in [-0.39, 0.29) is 6.42 Å². The molecule has 0 amide bonds. The predicted molar refractivity (Wildman–Crippen MR) is 82.4 cm³/mol. The molecule has 8 heteroatoms. The zero-order chi connectivity index (χ0) is 17.4. The molecule has 1 unspecified atom stereocenters. The van der Waals surface area contributed by atoms with Crippen molar-refractivity contribution in [3.05, 3.63) is 35.5 Å². The van der Waals surface area contributed by atoms with E-state index in [4.69, 9.17) is 9.84 Å². The summed E-state index contributed by atoms with van der Waals surface area (Å²) in [4.78, 5) is 14.1. The second kappa shape index (κ2) is 6.50. The van der Waals surface area contributed by atoms with Crippen molar-refractivity contribution in [3.63, 3.8) is 0 Å². The van der Waals surface area contributed by atoms with Crippen LogP contribution in [-0.4, -0.2) is 67.5 Å². The fourth-order valence-corrected chi connectivity index (χ4v) is 3.18. The molecule has 5 atom stereocenters. The monoisotopic (exact) mass is 337 g/mol. The van der Waals surface area contributed by atoms with Gasteiger partial charge in [-0.2, -0.15) is 0 Å². The van der Waals surface area contributed by atoms with Crippen LogP contribution in [0, 0.1) is 0 Å². The fourth-order valence-electron chi connectivity index (χ4n) is 3.18. The Hall–Kier alpha value is -1.97. The van der Waals surface area contributed by atoms with Crippen LogP contribution in [0.2, 0.25) is 0 Å². The van der Waals surface area contributed by atoms with Crippen LogP contribution in [0.3, 0.4) is 0 Å². The van der Waals surface area contributed by atoms with Gasteiger partial charge in [-0.25, -0.2) is 0 Å². The van der Waals surface area contributed by atoms with Crippen LogP contribution in [-0.2, 0) is 16.0 Å². The molecule has 0 saturated carbocycles. The summed E-state index contributed by atoms with van der Waals surface area (Å²) in [6.07, 6.45) is -6.90. The van der Waals surface area contributed by atoms with E-state index in [2.05, 4.69) is 4.98 Å². The molecule has 8 nitrogen and oxygen atoms in total. The molecule has 0 radical (unpaired) electrons. The number of carboxylic acid groups (broad SMARTS) is 1. The zero-order valence-corrected chi connectivity index (χ0v) is 12.7. The highest BCUT2D eigenvalue weighted by atomic mass is 16.5. The Balaban J connectivity index is 2.11. The molecule has 0 bridgehead atoms. The third kappa shape index (κ3) is 2.79. The molecule has 1 fully saturated rings. The van der Waals surface area contributed by atoms with Gasteiger partial charge in [0.2, 0.25) is 0 Å². The van der Waals surface area contributed by atoms with Gasteiger partial charge >= 0.3 is 5.97 Å². The molecule has 6 N–H and O–H groups in total. The average molecular weight is 337 g/mol. The van der Waals surface area contributed by atoms with Crippen LogP contribution in [0.5, 0.6) is 0 Å². The van der Waals surface area contributed by atoms with Gasteiger partial charge in [0.25, 0.3) is 0 Å². The van der Waals surface area contributed by atoms with Gasteiger partial charge in [-0.05, 0) is 6.07 Å². The minimum Gasteiger partial charge on any atom is -0.481 e. The highest BCUT2D eigenvalue weighted by Gasteiger charge is 2.45. The number of aliphatic carboxylic acids is 1. The van der Waals surface area contributed by atoms with Crippen molar-refractivity contribution >= 4 is 16.9 Å². The van der Waals surface area contributed by atoms with Gasteiger partial charge in [0.1, 0.15) is 30.5 Å². The van der Waals surface area contributed by atoms with E-state index >= 15 is 0 Å². The molecule has 0 spiro atoms. The number of H-pyrrole nitrogens is 1. The number of aromatic amines is 1. The Bertz CT molecular complexity index is 741. The summed E-state index contributed by atoms with van der Waals surface area (Å²) in [5, 5.41) is 49.3. The lowest BCUT2D eigenvalue weighted by molar-refractivity contribution is -0.231. The Morgan fingerprint density at radius 1 is 1.12 bits per heavy atom. The lowest BCUT2D eigenvalue weighted by atomic mass is 9.89.